The van der Waals surface area contributed by atoms with Gasteiger partial charge in [0.2, 0.25) is 5.91 Å². The number of carbonyl (C=O) groups excluding carboxylic acids is 1. The Morgan fingerprint density at radius 2 is 1.65 bits per heavy atom. The van der Waals surface area contributed by atoms with E-state index in [0.717, 1.165) is 45.2 Å². The Morgan fingerprint density at radius 1 is 1.05 bits per heavy atom. The predicted molar refractivity (Wildman–Crippen MR) is 80.6 cm³/mol. The van der Waals surface area contributed by atoms with E-state index in [2.05, 4.69) is 4.90 Å². The van der Waals surface area contributed by atoms with Gasteiger partial charge >= 0.3 is 0 Å². The number of carbonyl (C=O) groups is 1. The first-order valence-corrected chi connectivity index (χ1v) is 8.34. The molecule has 0 spiro atoms. The lowest BCUT2D eigenvalue weighted by atomic mass is 9.91. The van der Waals surface area contributed by atoms with Crippen molar-refractivity contribution in [3.05, 3.63) is 0 Å². The Labute approximate surface area is 123 Å². The molecule has 1 amide bonds. The predicted octanol–water partition coefficient (Wildman–Crippen LogP) is 2.01. The molecule has 1 saturated carbocycles. The number of likely N-dealkylation sites (tertiary alicyclic amines) is 1. The van der Waals surface area contributed by atoms with Gasteiger partial charge < -0.3 is 10.0 Å². The van der Waals surface area contributed by atoms with Crippen LogP contribution in [-0.4, -0.2) is 59.6 Å². The molecule has 2 atom stereocenters. The second kappa shape index (κ2) is 7.99. The third-order valence-corrected chi connectivity index (χ3v) is 4.85. The Kier molecular flexibility index (Phi) is 6.30. The molecule has 2 fully saturated rings. The average Bonchev–Trinajstić information content (AvgIpc) is 2.38. The molecule has 1 saturated heterocycles. The van der Waals surface area contributed by atoms with Crippen LogP contribution in [0.4, 0.5) is 0 Å². The molecule has 0 aromatic carbocycles. The van der Waals surface area contributed by atoms with Crippen LogP contribution >= 0.6 is 0 Å². The van der Waals surface area contributed by atoms with Crippen LogP contribution in [0, 0.1) is 0 Å². The summed E-state index contributed by atoms with van der Waals surface area (Å²) in [5.74, 6) is 0.243. The fraction of sp³-hybridized carbons (Fsp3) is 0.938. The molecule has 0 radical (unpaired) electrons. The van der Waals surface area contributed by atoms with Crippen molar-refractivity contribution in [1.82, 2.24) is 9.80 Å². The lowest BCUT2D eigenvalue weighted by molar-refractivity contribution is -0.133. The topological polar surface area (TPSA) is 43.8 Å². The third kappa shape index (κ3) is 4.45. The average molecular weight is 282 g/mol. The van der Waals surface area contributed by atoms with Gasteiger partial charge in [-0.3, -0.25) is 9.69 Å². The molecule has 1 heterocycles. The quantitative estimate of drug-likeness (QED) is 0.861. The number of hydrogen-bond donors (Lipinski definition) is 1. The van der Waals surface area contributed by atoms with Crippen molar-refractivity contribution < 1.29 is 9.90 Å². The largest absolute Gasteiger partial charge is 0.391 e. The molecule has 2 rings (SSSR count). The zero-order chi connectivity index (χ0) is 14.4. The number of likely N-dealkylation sites (N-methyl/N-ethyl adjacent to an activating group) is 1. The van der Waals surface area contributed by atoms with Crippen LogP contribution in [0.5, 0.6) is 0 Å². The maximum atomic E-state index is 12.4. The Bertz CT molecular complexity index is 301. The van der Waals surface area contributed by atoms with E-state index in [0.29, 0.717) is 6.54 Å². The molecular formula is C16H30N2O2. The maximum absolute atomic E-state index is 12.4. The molecule has 1 aliphatic heterocycles. The lowest BCUT2D eigenvalue weighted by Crippen LogP contribution is -2.48. The first-order valence-electron chi connectivity index (χ1n) is 8.34. The van der Waals surface area contributed by atoms with Crippen LogP contribution in [0.1, 0.15) is 57.8 Å². The van der Waals surface area contributed by atoms with E-state index in [1.165, 1.54) is 25.7 Å². The summed E-state index contributed by atoms with van der Waals surface area (Å²) in [6, 6.07) is 0.169. The highest BCUT2D eigenvalue weighted by atomic mass is 16.3. The van der Waals surface area contributed by atoms with Gasteiger partial charge in [0.15, 0.2) is 0 Å². The van der Waals surface area contributed by atoms with E-state index >= 15 is 0 Å². The Hall–Kier alpha value is -0.610. The highest BCUT2D eigenvalue weighted by Gasteiger charge is 2.28. The monoisotopic (exact) mass is 282 g/mol. The van der Waals surface area contributed by atoms with Crippen LogP contribution in [0.25, 0.3) is 0 Å². The summed E-state index contributed by atoms with van der Waals surface area (Å²) in [6.45, 7) is 2.29. The van der Waals surface area contributed by atoms with Crippen molar-refractivity contribution in [2.24, 2.45) is 0 Å². The van der Waals surface area contributed by atoms with Crippen LogP contribution in [-0.2, 0) is 4.79 Å². The highest BCUT2D eigenvalue weighted by molar-refractivity contribution is 5.78. The summed E-state index contributed by atoms with van der Waals surface area (Å²) in [5, 5.41) is 10.1. The van der Waals surface area contributed by atoms with E-state index in [-0.39, 0.29) is 18.1 Å². The van der Waals surface area contributed by atoms with Gasteiger partial charge in [-0.15, -0.1) is 0 Å². The summed E-state index contributed by atoms with van der Waals surface area (Å²) < 4.78 is 0. The normalized spacial score (nSPS) is 29.1. The molecule has 116 valence electrons. The highest BCUT2D eigenvalue weighted by Crippen LogP contribution is 2.22. The summed E-state index contributed by atoms with van der Waals surface area (Å²) in [7, 11) is 1.99. The van der Waals surface area contributed by atoms with Crippen molar-refractivity contribution in [3.8, 4) is 0 Å². The van der Waals surface area contributed by atoms with E-state index in [1.54, 1.807) is 0 Å². The van der Waals surface area contributed by atoms with E-state index in [1.807, 2.05) is 11.9 Å². The molecule has 0 aromatic heterocycles. The van der Waals surface area contributed by atoms with E-state index in [4.69, 9.17) is 0 Å². The van der Waals surface area contributed by atoms with Crippen molar-refractivity contribution in [2.75, 3.05) is 26.7 Å². The van der Waals surface area contributed by atoms with Gasteiger partial charge in [0.25, 0.3) is 0 Å². The van der Waals surface area contributed by atoms with Gasteiger partial charge in [-0.2, -0.15) is 0 Å². The van der Waals surface area contributed by atoms with Gasteiger partial charge in [-0.1, -0.05) is 32.1 Å². The maximum Gasteiger partial charge on any atom is 0.236 e. The fourth-order valence-electron chi connectivity index (χ4n) is 3.53. The number of rotatable bonds is 3. The molecule has 2 aliphatic rings. The van der Waals surface area contributed by atoms with Gasteiger partial charge in [0.05, 0.1) is 12.6 Å². The van der Waals surface area contributed by atoms with Crippen LogP contribution in [0.15, 0.2) is 0 Å². The number of hydrogen-bond acceptors (Lipinski definition) is 3. The van der Waals surface area contributed by atoms with Crippen molar-refractivity contribution >= 4 is 5.91 Å². The number of aliphatic hydroxyl groups excluding tert-OH is 1. The van der Waals surface area contributed by atoms with E-state index in [9.17, 15) is 9.90 Å². The Morgan fingerprint density at radius 3 is 2.30 bits per heavy atom. The molecule has 20 heavy (non-hydrogen) atoms. The summed E-state index contributed by atoms with van der Waals surface area (Å²) in [4.78, 5) is 16.5. The van der Waals surface area contributed by atoms with Crippen molar-refractivity contribution in [3.63, 3.8) is 0 Å². The number of nitrogens with zero attached hydrogens (tertiary/aromatic N) is 2. The molecule has 2 unspecified atom stereocenters. The summed E-state index contributed by atoms with van der Waals surface area (Å²) >= 11 is 0. The molecule has 1 aliphatic carbocycles. The molecule has 1 N–H and O–H groups in total. The molecule has 0 aromatic rings. The van der Waals surface area contributed by atoms with Crippen molar-refractivity contribution in [1.29, 1.82) is 0 Å². The van der Waals surface area contributed by atoms with Gasteiger partial charge in [0.1, 0.15) is 0 Å². The molecule has 0 bridgehead atoms. The minimum atomic E-state index is -0.256. The SMILES string of the molecule is CN(CC(=O)N1CCCCCCC1)C1CCCCC1O. The van der Waals surface area contributed by atoms with Gasteiger partial charge in [-0.05, 0) is 32.7 Å². The molecule has 4 heteroatoms. The summed E-state index contributed by atoms with van der Waals surface area (Å²) in [6.07, 6.45) is 10.0. The van der Waals surface area contributed by atoms with E-state index < -0.39 is 0 Å². The first kappa shape index (κ1) is 15.8. The van der Waals surface area contributed by atoms with Crippen LogP contribution in [0.2, 0.25) is 0 Å². The smallest absolute Gasteiger partial charge is 0.236 e. The van der Waals surface area contributed by atoms with Crippen LogP contribution < -0.4 is 0 Å². The first-order chi connectivity index (χ1) is 9.68. The Balaban J connectivity index is 1.82. The summed E-state index contributed by atoms with van der Waals surface area (Å²) in [5.41, 5.74) is 0. The molecular weight excluding hydrogens is 252 g/mol. The van der Waals surface area contributed by atoms with Gasteiger partial charge in [-0.25, -0.2) is 0 Å². The fourth-order valence-corrected chi connectivity index (χ4v) is 3.53. The minimum absolute atomic E-state index is 0.169. The lowest BCUT2D eigenvalue weighted by Gasteiger charge is -2.36. The molecule has 4 nitrogen and oxygen atoms in total. The number of aliphatic hydroxyl groups is 1. The zero-order valence-electron chi connectivity index (χ0n) is 12.9. The third-order valence-electron chi connectivity index (χ3n) is 4.85. The van der Waals surface area contributed by atoms with Crippen molar-refractivity contribution in [2.45, 2.75) is 69.9 Å². The zero-order valence-corrected chi connectivity index (χ0v) is 12.9. The minimum Gasteiger partial charge on any atom is -0.391 e. The second-order valence-electron chi connectivity index (χ2n) is 6.48. The van der Waals surface area contributed by atoms with Crippen LogP contribution in [0.3, 0.4) is 0 Å². The number of amides is 1. The second-order valence-corrected chi connectivity index (χ2v) is 6.48. The standard InChI is InChI=1S/C16H30N2O2/c1-17(14-9-5-6-10-15(14)19)13-16(20)18-11-7-3-2-4-8-12-18/h14-15,19H,2-13H2,1H3. The van der Waals surface area contributed by atoms with Gasteiger partial charge in [0, 0.05) is 19.1 Å².